The summed E-state index contributed by atoms with van der Waals surface area (Å²) in [6.07, 6.45) is 2.89. The molecule has 1 aliphatic rings. The second-order valence-electron chi connectivity index (χ2n) is 7.14. The molecule has 0 radical (unpaired) electrons. The van der Waals surface area contributed by atoms with Crippen molar-refractivity contribution in [2.75, 3.05) is 23.7 Å². The van der Waals surface area contributed by atoms with Gasteiger partial charge in [-0.15, -0.1) is 0 Å². The van der Waals surface area contributed by atoms with Crippen molar-refractivity contribution in [1.29, 1.82) is 0 Å². The van der Waals surface area contributed by atoms with Crippen molar-refractivity contribution in [3.63, 3.8) is 0 Å². The predicted molar refractivity (Wildman–Crippen MR) is 116 cm³/mol. The van der Waals surface area contributed by atoms with E-state index in [1.165, 1.54) is 24.7 Å². The molecule has 162 valence electrons. The fraction of sp³-hybridized carbons (Fsp3) is 0.227. The quantitative estimate of drug-likeness (QED) is 0.587. The second kappa shape index (κ2) is 8.85. The van der Waals surface area contributed by atoms with Gasteiger partial charge in [-0.25, -0.2) is 24.3 Å². The van der Waals surface area contributed by atoms with Gasteiger partial charge in [0.25, 0.3) is 5.91 Å². The number of aryl methyl sites for hydroxylation is 1. The van der Waals surface area contributed by atoms with Crippen LogP contribution in [0.1, 0.15) is 12.6 Å². The first-order valence-electron chi connectivity index (χ1n) is 9.80. The minimum absolute atomic E-state index is 0.0138. The van der Waals surface area contributed by atoms with Crippen molar-refractivity contribution in [3.05, 3.63) is 48.3 Å². The second-order valence-corrected chi connectivity index (χ2v) is 7.14. The molecule has 1 aliphatic heterocycles. The number of nitrogens with two attached hydrogens (primary N) is 1. The molecule has 0 bridgehead atoms. The van der Waals surface area contributed by atoms with E-state index in [9.17, 15) is 9.18 Å². The highest BCUT2D eigenvalue weighted by molar-refractivity contribution is 5.94. The van der Waals surface area contributed by atoms with Crippen molar-refractivity contribution in [2.24, 2.45) is 0 Å². The van der Waals surface area contributed by atoms with Gasteiger partial charge in [-0.05, 0) is 43.5 Å². The van der Waals surface area contributed by atoms with Crippen LogP contribution in [0.2, 0.25) is 0 Å². The number of rotatable bonds is 5. The summed E-state index contributed by atoms with van der Waals surface area (Å²) in [4.78, 5) is 30.1. The average molecular weight is 433 g/mol. The summed E-state index contributed by atoms with van der Waals surface area (Å²) in [6, 6.07) is 6.17. The van der Waals surface area contributed by atoms with Crippen LogP contribution in [0.5, 0.6) is 11.8 Å². The van der Waals surface area contributed by atoms with Gasteiger partial charge in [-0.3, -0.25) is 4.79 Å². The number of carbonyl (C=O) groups is 1. The Morgan fingerprint density at radius 2 is 2.09 bits per heavy atom. The zero-order chi connectivity index (χ0) is 22.7. The van der Waals surface area contributed by atoms with Crippen LogP contribution in [0.3, 0.4) is 0 Å². The highest BCUT2D eigenvalue weighted by atomic mass is 19.1. The van der Waals surface area contributed by atoms with Gasteiger partial charge in [-0.1, -0.05) is 12.0 Å². The van der Waals surface area contributed by atoms with Crippen LogP contribution in [0.4, 0.5) is 16.0 Å². The van der Waals surface area contributed by atoms with E-state index in [2.05, 4.69) is 37.1 Å². The molecule has 2 aromatic heterocycles. The van der Waals surface area contributed by atoms with E-state index in [1.54, 1.807) is 26.0 Å². The summed E-state index contributed by atoms with van der Waals surface area (Å²) in [7, 11) is 0. The van der Waals surface area contributed by atoms with Crippen LogP contribution in [0, 0.1) is 24.6 Å². The number of ether oxygens (including phenoxy) is 1. The molecule has 3 heterocycles. The van der Waals surface area contributed by atoms with Crippen molar-refractivity contribution >= 4 is 17.5 Å². The average Bonchev–Trinajstić information content (AvgIpc) is 2.72. The molecule has 0 spiro atoms. The number of hydrogen-bond acceptors (Lipinski definition) is 8. The third-order valence-electron chi connectivity index (χ3n) is 4.81. The van der Waals surface area contributed by atoms with Crippen molar-refractivity contribution in [2.45, 2.75) is 19.9 Å². The van der Waals surface area contributed by atoms with E-state index in [4.69, 9.17) is 10.5 Å². The standard InChI is InChI=1S/C22H20FN7O2/c1-3-4-18(31)29-15-10-30(11-15)21-19(20(24)26-12-27-21)14-5-6-17(16(23)9-14)32-22-25-8-7-13(2)28-22/h5-9,12,15H,10-11H2,1-2H3,(H,29,31)(H2,24,26,27). The molecule has 0 saturated carbocycles. The van der Waals surface area contributed by atoms with E-state index in [0.717, 1.165) is 0 Å². The molecule has 0 atom stereocenters. The van der Waals surface area contributed by atoms with E-state index in [0.29, 0.717) is 35.7 Å². The van der Waals surface area contributed by atoms with Crippen LogP contribution in [0.15, 0.2) is 36.8 Å². The summed E-state index contributed by atoms with van der Waals surface area (Å²) < 4.78 is 20.3. The van der Waals surface area contributed by atoms with Crippen LogP contribution in [0.25, 0.3) is 11.1 Å². The number of nitrogen functional groups attached to an aromatic ring is 1. The van der Waals surface area contributed by atoms with E-state index in [-0.39, 0.29) is 29.5 Å². The molecular weight excluding hydrogens is 413 g/mol. The lowest BCUT2D eigenvalue weighted by Crippen LogP contribution is -2.59. The molecule has 3 aromatic rings. The smallest absolute Gasteiger partial charge is 0.322 e. The number of carbonyl (C=O) groups excluding carboxylic acids is 1. The Morgan fingerprint density at radius 3 is 2.81 bits per heavy atom. The Kier molecular flexibility index (Phi) is 5.81. The Hall–Kier alpha value is -4.26. The van der Waals surface area contributed by atoms with E-state index < -0.39 is 5.82 Å². The third-order valence-corrected chi connectivity index (χ3v) is 4.81. The minimum atomic E-state index is -0.603. The lowest BCUT2D eigenvalue weighted by molar-refractivity contribution is -0.116. The Balaban J connectivity index is 1.56. The molecule has 32 heavy (non-hydrogen) atoms. The van der Waals surface area contributed by atoms with Gasteiger partial charge in [0.15, 0.2) is 11.6 Å². The summed E-state index contributed by atoms with van der Waals surface area (Å²) in [5.41, 5.74) is 7.82. The monoisotopic (exact) mass is 433 g/mol. The number of hydrogen-bond donors (Lipinski definition) is 2. The molecule has 0 unspecified atom stereocenters. The van der Waals surface area contributed by atoms with Gasteiger partial charge in [0, 0.05) is 25.0 Å². The van der Waals surface area contributed by atoms with Crippen molar-refractivity contribution in [3.8, 4) is 34.7 Å². The zero-order valence-electron chi connectivity index (χ0n) is 17.5. The Morgan fingerprint density at radius 1 is 1.28 bits per heavy atom. The topological polar surface area (TPSA) is 119 Å². The zero-order valence-corrected chi connectivity index (χ0v) is 17.5. The number of halogens is 1. The summed E-state index contributed by atoms with van der Waals surface area (Å²) in [5.74, 6) is 4.85. The SMILES string of the molecule is CC#CC(=O)NC1CN(c2ncnc(N)c2-c2ccc(Oc3nccc(C)n3)c(F)c2)C1. The van der Waals surface area contributed by atoms with E-state index >= 15 is 0 Å². The van der Waals surface area contributed by atoms with Crippen LogP contribution in [-0.4, -0.2) is 45.0 Å². The number of nitrogens with zero attached hydrogens (tertiary/aromatic N) is 5. The molecule has 1 amide bonds. The van der Waals surface area contributed by atoms with Crippen LogP contribution >= 0.6 is 0 Å². The normalized spacial score (nSPS) is 13.0. The van der Waals surface area contributed by atoms with Crippen molar-refractivity contribution in [1.82, 2.24) is 25.3 Å². The van der Waals surface area contributed by atoms with Gasteiger partial charge in [0.2, 0.25) is 0 Å². The first-order valence-corrected chi connectivity index (χ1v) is 9.80. The van der Waals surface area contributed by atoms with Crippen molar-refractivity contribution < 1.29 is 13.9 Å². The lowest BCUT2D eigenvalue weighted by atomic mass is 10.0. The summed E-state index contributed by atoms with van der Waals surface area (Å²) >= 11 is 0. The number of benzene rings is 1. The first kappa shape index (κ1) is 21.0. The number of aromatic nitrogens is 4. The molecule has 1 fully saturated rings. The summed E-state index contributed by atoms with van der Waals surface area (Å²) in [5, 5.41) is 2.82. The first-order chi connectivity index (χ1) is 15.4. The Bertz CT molecular complexity index is 1230. The van der Waals surface area contributed by atoms with Crippen LogP contribution in [-0.2, 0) is 4.79 Å². The number of amides is 1. The van der Waals surface area contributed by atoms with E-state index in [1.807, 2.05) is 4.90 Å². The molecule has 0 aliphatic carbocycles. The lowest BCUT2D eigenvalue weighted by Gasteiger charge is -2.40. The highest BCUT2D eigenvalue weighted by Gasteiger charge is 2.31. The maximum Gasteiger partial charge on any atom is 0.322 e. The number of nitrogens with one attached hydrogen (secondary N) is 1. The maximum absolute atomic E-state index is 14.8. The Labute approximate surface area is 183 Å². The van der Waals surface area contributed by atoms with Gasteiger partial charge >= 0.3 is 6.01 Å². The molecule has 3 N–H and O–H groups in total. The molecule has 1 aromatic carbocycles. The minimum Gasteiger partial charge on any atom is -0.421 e. The maximum atomic E-state index is 14.8. The third kappa shape index (κ3) is 4.41. The largest absolute Gasteiger partial charge is 0.421 e. The molecule has 1 saturated heterocycles. The van der Waals surface area contributed by atoms with Gasteiger partial charge in [0.1, 0.15) is 18.0 Å². The highest BCUT2D eigenvalue weighted by Crippen LogP contribution is 2.37. The molecule has 9 nitrogen and oxygen atoms in total. The van der Waals surface area contributed by atoms with Gasteiger partial charge in [-0.2, -0.15) is 0 Å². The van der Waals surface area contributed by atoms with Gasteiger partial charge in [0.05, 0.1) is 11.6 Å². The molecule has 4 rings (SSSR count). The molecular formula is C22H20FN7O2. The predicted octanol–water partition coefficient (Wildman–Crippen LogP) is 2.08. The fourth-order valence-corrected chi connectivity index (χ4v) is 3.30. The summed E-state index contributed by atoms with van der Waals surface area (Å²) in [6.45, 7) is 4.44. The van der Waals surface area contributed by atoms with Crippen LogP contribution < -0.4 is 20.7 Å². The number of anilines is 2. The molecule has 10 heteroatoms. The van der Waals surface area contributed by atoms with Gasteiger partial charge < -0.3 is 20.7 Å². The fourth-order valence-electron chi connectivity index (χ4n) is 3.30.